The molecule has 0 aliphatic carbocycles. The quantitative estimate of drug-likeness (QED) is 0.166. The Labute approximate surface area is 360 Å². The normalized spacial score (nSPS) is 11.8. The molecule has 0 saturated carbocycles. The van der Waals surface area contributed by atoms with Crippen LogP contribution in [-0.4, -0.2) is 15.0 Å². The van der Waals surface area contributed by atoms with E-state index in [0.29, 0.717) is 17.5 Å². The fraction of sp³-hybridized carbons (Fsp3) is 0. The van der Waals surface area contributed by atoms with Gasteiger partial charge in [-0.15, -0.1) is 0 Å². The minimum absolute atomic E-state index is 0.559. The predicted molar refractivity (Wildman–Crippen MR) is 254 cm³/mol. The molecule has 0 bridgehead atoms. The summed E-state index contributed by atoms with van der Waals surface area (Å²) in [5.74, 6) is 1.72. The second-order valence-electron chi connectivity index (χ2n) is 15.8. The molecule has 13 aromatic rings. The molecule has 9 aromatic carbocycles. The van der Waals surface area contributed by atoms with Crippen LogP contribution < -0.4 is 0 Å². The molecule has 0 radical (unpaired) electrons. The number of benzene rings is 9. The van der Waals surface area contributed by atoms with Gasteiger partial charge in [0.1, 0.15) is 33.5 Å². The Hall–Kier alpha value is -8.61. The Morgan fingerprint density at radius 1 is 0.254 bits per heavy atom. The van der Waals surface area contributed by atoms with Gasteiger partial charge in [-0.05, 0) is 64.2 Å². The van der Waals surface area contributed by atoms with Crippen molar-refractivity contribution in [2.24, 2.45) is 0 Å². The van der Waals surface area contributed by atoms with Gasteiger partial charge in [0.05, 0.1) is 0 Å². The molecule has 0 atom stereocenters. The summed E-state index contributed by atoms with van der Waals surface area (Å²) >= 11 is 0. The maximum Gasteiger partial charge on any atom is 0.164 e. The van der Waals surface area contributed by atoms with E-state index in [-0.39, 0.29) is 0 Å². The van der Waals surface area contributed by atoms with E-state index < -0.39 is 0 Å². The first-order chi connectivity index (χ1) is 31.2. The van der Waals surface area contributed by atoms with E-state index in [4.69, 9.17) is 28.2 Å². The van der Waals surface area contributed by atoms with E-state index >= 15 is 0 Å². The lowest BCUT2D eigenvalue weighted by molar-refractivity contribution is 0.669. The highest BCUT2D eigenvalue weighted by molar-refractivity contribution is 6.19. The zero-order valence-electron chi connectivity index (χ0n) is 33.6. The molecule has 0 N–H and O–H groups in total. The van der Waals surface area contributed by atoms with Gasteiger partial charge in [0.15, 0.2) is 17.5 Å². The lowest BCUT2D eigenvalue weighted by Crippen LogP contribution is -2.00. The van der Waals surface area contributed by atoms with Crippen LogP contribution in [0.3, 0.4) is 0 Å². The number of hydrogen-bond acceptors (Lipinski definition) is 6. The molecule has 6 nitrogen and oxygen atoms in total. The van der Waals surface area contributed by atoms with Gasteiger partial charge < -0.3 is 13.3 Å². The monoisotopic (exact) mass is 807 g/mol. The van der Waals surface area contributed by atoms with Crippen molar-refractivity contribution in [1.29, 1.82) is 0 Å². The SMILES string of the molecule is c1ccc(-c2nc(-c3ccc(-c4cccc5c4oc4ccccc45)cc3)nc(-c3cccc4oc5ccc(-c6cccc7oc8cccc(-c9ccccc9)c8c67)cc5c34)n2)cc1. The number of fused-ring (bicyclic) bond motifs is 9. The van der Waals surface area contributed by atoms with Crippen LogP contribution in [0.1, 0.15) is 0 Å². The lowest BCUT2D eigenvalue weighted by atomic mass is 9.94. The van der Waals surface area contributed by atoms with Gasteiger partial charge in [-0.3, -0.25) is 0 Å². The highest BCUT2D eigenvalue weighted by Gasteiger charge is 2.21. The maximum absolute atomic E-state index is 6.56. The number of rotatable bonds is 6. The zero-order chi connectivity index (χ0) is 41.4. The maximum atomic E-state index is 6.56. The van der Waals surface area contributed by atoms with Gasteiger partial charge in [0, 0.05) is 54.6 Å². The standard InChI is InChI=1S/C57H33N3O3/c1-3-13-34(14-4-1)39-18-10-25-49-52(39)53-40(19-11-26-50(53)62-49)38-31-32-47-45(33-38)51-44(22-12-24-48(51)61-47)57-59-55(36-15-5-2-6-16-36)58-56(60-57)37-29-27-35(28-30-37)41-20-9-21-43-42-17-7-8-23-46(42)63-54(41)43/h1-33H. The summed E-state index contributed by atoms with van der Waals surface area (Å²) in [7, 11) is 0. The Kier molecular flexibility index (Phi) is 7.80. The van der Waals surface area contributed by atoms with Crippen LogP contribution in [0.2, 0.25) is 0 Å². The number of aromatic nitrogens is 3. The second-order valence-corrected chi connectivity index (χ2v) is 15.8. The van der Waals surface area contributed by atoms with Gasteiger partial charge >= 0.3 is 0 Å². The molecule has 0 aliphatic rings. The van der Waals surface area contributed by atoms with Crippen molar-refractivity contribution >= 4 is 65.8 Å². The van der Waals surface area contributed by atoms with Crippen molar-refractivity contribution in [2.45, 2.75) is 0 Å². The van der Waals surface area contributed by atoms with Crippen LogP contribution >= 0.6 is 0 Å². The minimum atomic E-state index is 0.559. The number of hydrogen-bond donors (Lipinski definition) is 0. The minimum Gasteiger partial charge on any atom is -0.456 e. The molecule has 13 rings (SSSR count). The number of nitrogens with zero attached hydrogens (tertiary/aromatic N) is 3. The van der Waals surface area contributed by atoms with Crippen LogP contribution in [0.4, 0.5) is 0 Å². The number of furan rings is 3. The van der Waals surface area contributed by atoms with Crippen LogP contribution in [0.5, 0.6) is 0 Å². The largest absolute Gasteiger partial charge is 0.456 e. The Balaban J connectivity index is 0.967. The molecule has 63 heavy (non-hydrogen) atoms. The van der Waals surface area contributed by atoms with Crippen molar-refractivity contribution < 1.29 is 13.3 Å². The molecule has 4 heterocycles. The van der Waals surface area contributed by atoms with E-state index in [1.54, 1.807) is 0 Å². The van der Waals surface area contributed by atoms with Gasteiger partial charge in [-0.25, -0.2) is 15.0 Å². The second kappa shape index (κ2) is 14.0. The Morgan fingerprint density at radius 3 is 1.44 bits per heavy atom. The Bertz CT molecular complexity index is 3900. The third-order valence-corrected chi connectivity index (χ3v) is 12.2. The van der Waals surface area contributed by atoms with E-state index in [0.717, 1.165) is 116 Å². The molecular formula is C57H33N3O3. The van der Waals surface area contributed by atoms with Gasteiger partial charge in [0.25, 0.3) is 0 Å². The van der Waals surface area contributed by atoms with Crippen LogP contribution in [-0.2, 0) is 0 Å². The van der Waals surface area contributed by atoms with Crippen molar-refractivity contribution in [3.05, 3.63) is 200 Å². The van der Waals surface area contributed by atoms with E-state index in [9.17, 15) is 0 Å². The van der Waals surface area contributed by atoms with Gasteiger partial charge in [0.2, 0.25) is 0 Å². The number of para-hydroxylation sites is 2. The fourth-order valence-electron chi connectivity index (χ4n) is 9.26. The third kappa shape index (κ3) is 5.69. The van der Waals surface area contributed by atoms with Gasteiger partial charge in [-0.2, -0.15) is 0 Å². The summed E-state index contributed by atoms with van der Waals surface area (Å²) in [5, 5.41) is 6.29. The lowest BCUT2D eigenvalue weighted by Gasteiger charge is -2.10. The van der Waals surface area contributed by atoms with Crippen LogP contribution in [0.25, 0.3) is 133 Å². The molecule has 4 aromatic heterocycles. The average Bonchev–Trinajstić information content (AvgIpc) is 4.06. The molecule has 0 fully saturated rings. The first-order valence-corrected chi connectivity index (χ1v) is 21.0. The summed E-state index contributed by atoms with van der Waals surface area (Å²) in [4.78, 5) is 15.4. The summed E-state index contributed by atoms with van der Waals surface area (Å²) in [6.07, 6.45) is 0. The zero-order valence-corrected chi connectivity index (χ0v) is 33.6. The van der Waals surface area contributed by atoms with Crippen LogP contribution in [0.15, 0.2) is 213 Å². The van der Waals surface area contributed by atoms with Crippen molar-refractivity contribution in [2.75, 3.05) is 0 Å². The van der Waals surface area contributed by atoms with Crippen LogP contribution in [0, 0.1) is 0 Å². The summed E-state index contributed by atoms with van der Waals surface area (Å²) in [5.41, 5.74) is 14.1. The summed E-state index contributed by atoms with van der Waals surface area (Å²) in [6.45, 7) is 0. The van der Waals surface area contributed by atoms with Crippen molar-refractivity contribution in [3.63, 3.8) is 0 Å². The third-order valence-electron chi connectivity index (χ3n) is 12.2. The molecule has 6 heteroatoms. The highest BCUT2D eigenvalue weighted by atomic mass is 16.3. The first kappa shape index (κ1) is 35.2. The predicted octanol–water partition coefficient (Wildman–Crippen LogP) is 15.6. The fourth-order valence-corrected chi connectivity index (χ4v) is 9.26. The topological polar surface area (TPSA) is 78.1 Å². The van der Waals surface area contributed by atoms with E-state index in [1.165, 1.54) is 0 Å². The van der Waals surface area contributed by atoms with Crippen molar-refractivity contribution in [1.82, 2.24) is 15.0 Å². The molecule has 0 amide bonds. The molecule has 0 aliphatic heterocycles. The Morgan fingerprint density at radius 2 is 0.714 bits per heavy atom. The molecular weight excluding hydrogens is 775 g/mol. The molecule has 0 unspecified atom stereocenters. The van der Waals surface area contributed by atoms with E-state index in [1.807, 2.05) is 66.7 Å². The molecule has 0 spiro atoms. The van der Waals surface area contributed by atoms with Gasteiger partial charge in [-0.1, -0.05) is 164 Å². The van der Waals surface area contributed by atoms with Crippen molar-refractivity contribution in [3.8, 4) is 67.5 Å². The molecule has 294 valence electrons. The molecule has 0 saturated heterocycles. The van der Waals surface area contributed by atoms with E-state index in [2.05, 4.69) is 133 Å². The summed E-state index contributed by atoms with van der Waals surface area (Å²) < 4.78 is 19.4. The summed E-state index contributed by atoms with van der Waals surface area (Å²) in [6, 6.07) is 68.5. The average molecular weight is 808 g/mol. The first-order valence-electron chi connectivity index (χ1n) is 21.0. The highest BCUT2D eigenvalue weighted by Crippen LogP contribution is 2.44. The smallest absolute Gasteiger partial charge is 0.164 e.